The molecule has 2 heterocycles. The van der Waals surface area contributed by atoms with Crippen LogP contribution in [-0.2, 0) is 9.47 Å². The minimum atomic E-state index is -0.910. The Bertz CT molecular complexity index is 533. The van der Waals surface area contributed by atoms with E-state index in [4.69, 9.17) is 19.3 Å². The summed E-state index contributed by atoms with van der Waals surface area (Å²) in [7, 11) is 0. The zero-order valence-electron chi connectivity index (χ0n) is 12.1. The highest BCUT2D eigenvalue weighted by molar-refractivity contribution is 5.89. The standard InChI is InChI=1S/C16H20O5/c1-11-8-12(2-3-14(11)15(17)18)21-13-4-6-20-16(9-13)5-7-19-10-16/h2-3,8,13H,4-7,9-10H2,1H3,(H,17,18). The fraction of sp³-hybridized carbons (Fsp3) is 0.562. The van der Waals surface area contributed by atoms with Crippen molar-refractivity contribution in [3.8, 4) is 5.75 Å². The molecule has 0 radical (unpaired) electrons. The third-order valence-electron chi connectivity index (χ3n) is 4.25. The number of hydrogen-bond acceptors (Lipinski definition) is 4. The summed E-state index contributed by atoms with van der Waals surface area (Å²) in [4.78, 5) is 11.0. The van der Waals surface area contributed by atoms with E-state index in [0.29, 0.717) is 24.3 Å². The lowest BCUT2D eigenvalue weighted by Crippen LogP contribution is -2.44. The summed E-state index contributed by atoms with van der Waals surface area (Å²) in [6.07, 6.45) is 2.69. The lowest BCUT2D eigenvalue weighted by Gasteiger charge is -2.37. The van der Waals surface area contributed by atoms with Crippen molar-refractivity contribution in [3.05, 3.63) is 29.3 Å². The summed E-state index contributed by atoms with van der Waals surface area (Å²) in [5.74, 6) is -0.189. The number of benzene rings is 1. The lowest BCUT2D eigenvalue weighted by atomic mass is 9.91. The van der Waals surface area contributed by atoms with E-state index >= 15 is 0 Å². The molecule has 1 aromatic rings. The van der Waals surface area contributed by atoms with Gasteiger partial charge in [-0.05, 0) is 30.7 Å². The van der Waals surface area contributed by atoms with Crippen LogP contribution in [0.15, 0.2) is 18.2 Å². The zero-order chi connectivity index (χ0) is 14.9. The molecule has 0 aliphatic carbocycles. The second kappa shape index (κ2) is 5.66. The number of carboxylic acids is 1. The van der Waals surface area contributed by atoms with Gasteiger partial charge in [-0.3, -0.25) is 0 Å². The van der Waals surface area contributed by atoms with Crippen LogP contribution in [0.2, 0.25) is 0 Å². The summed E-state index contributed by atoms with van der Waals surface area (Å²) >= 11 is 0. The summed E-state index contributed by atoms with van der Waals surface area (Å²) < 4.78 is 17.4. The first-order chi connectivity index (χ1) is 10.1. The number of aromatic carboxylic acids is 1. The van der Waals surface area contributed by atoms with Gasteiger partial charge in [0, 0.05) is 25.9 Å². The van der Waals surface area contributed by atoms with Gasteiger partial charge in [-0.25, -0.2) is 4.79 Å². The first kappa shape index (κ1) is 14.4. The predicted molar refractivity (Wildman–Crippen MR) is 75.9 cm³/mol. The summed E-state index contributed by atoms with van der Waals surface area (Å²) in [5, 5.41) is 9.05. The minimum Gasteiger partial charge on any atom is -0.490 e. The van der Waals surface area contributed by atoms with Crippen LogP contribution in [0.25, 0.3) is 0 Å². The third-order valence-corrected chi connectivity index (χ3v) is 4.25. The van der Waals surface area contributed by atoms with Gasteiger partial charge in [-0.2, -0.15) is 0 Å². The molecule has 0 bridgehead atoms. The molecule has 114 valence electrons. The van der Waals surface area contributed by atoms with Crippen molar-refractivity contribution >= 4 is 5.97 Å². The topological polar surface area (TPSA) is 65.0 Å². The molecule has 5 nitrogen and oxygen atoms in total. The monoisotopic (exact) mass is 292 g/mol. The molecule has 1 N–H and O–H groups in total. The normalized spacial score (nSPS) is 28.7. The van der Waals surface area contributed by atoms with Crippen molar-refractivity contribution < 1.29 is 24.1 Å². The van der Waals surface area contributed by atoms with Crippen LogP contribution in [0.5, 0.6) is 5.75 Å². The highest BCUT2D eigenvalue weighted by Crippen LogP contribution is 2.34. The van der Waals surface area contributed by atoms with Crippen molar-refractivity contribution in [1.82, 2.24) is 0 Å². The van der Waals surface area contributed by atoms with Crippen LogP contribution in [-0.4, -0.2) is 42.6 Å². The van der Waals surface area contributed by atoms with Gasteiger partial charge in [-0.1, -0.05) is 0 Å². The number of ether oxygens (including phenoxy) is 3. The number of carbonyl (C=O) groups is 1. The summed E-state index contributed by atoms with van der Waals surface area (Å²) in [6, 6.07) is 5.11. The van der Waals surface area contributed by atoms with Crippen LogP contribution in [0.1, 0.15) is 35.2 Å². The first-order valence-corrected chi connectivity index (χ1v) is 7.30. The van der Waals surface area contributed by atoms with E-state index in [1.54, 1.807) is 25.1 Å². The Morgan fingerprint density at radius 2 is 2.29 bits per heavy atom. The Hall–Kier alpha value is -1.59. The zero-order valence-corrected chi connectivity index (χ0v) is 12.1. The highest BCUT2D eigenvalue weighted by atomic mass is 16.6. The summed E-state index contributed by atoms with van der Waals surface area (Å²) in [5.41, 5.74) is 0.847. The highest BCUT2D eigenvalue weighted by Gasteiger charge is 2.41. The van der Waals surface area contributed by atoms with Crippen LogP contribution in [0, 0.1) is 6.92 Å². The van der Waals surface area contributed by atoms with E-state index in [-0.39, 0.29) is 11.7 Å². The molecular formula is C16H20O5. The summed E-state index contributed by atoms with van der Waals surface area (Å²) in [6.45, 7) is 3.86. The van der Waals surface area contributed by atoms with Gasteiger partial charge < -0.3 is 19.3 Å². The van der Waals surface area contributed by atoms with Crippen molar-refractivity contribution in [3.63, 3.8) is 0 Å². The Labute approximate surface area is 123 Å². The second-order valence-corrected chi connectivity index (χ2v) is 5.85. The molecule has 2 aliphatic rings. The van der Waals surface area contributed by atoms with Gasteiger partial charge in [0.15, 0.2) is 0 Å². The van der Waals surface area contributed by atoms with Crippen molar-refractivity contribution in [2.24, 2.45) is 0 Å². The fourth-order valence-electron chi connectivity index (χ4n) is 3.09. The van der Waals surface area contributed by atoms with Crippen molar-refractivity contribution in [1.29, 1.82) is 0 Å². The smallest absolute Gasteiger partial charge is 0.335 e. The molecule has 2 aliphatic heterocycles. The quantitative estimate of drug-likeness (QED) is 0.926. The van der Waals surface area contributed by atoms with E-state index in [2.05, 4.69) is 0 Å². The number of rotatable bonds is 3. The average Bonchev–Trinajstić information content (AvgIpc) is 2.86. The Kier molecular flexibility index (Phi) is 3.87. The van der Waals surface area contributed by atoms with Crippen molar-refractivity contribution in [2.45, 2.75) is 37.9 Å². The maximum absolute atomic E-state index is 11.0. The van der Waals surface area contributed by atoms with E-state index in [1.165, 1.54) is 0 Å². The van der Waals surface area contributed by atoms with E-state index in [9.17, 15) is 4.79 Å². The minimum absolute atomic E-state index is 0.0931. The second-order valence-electron chi connectivity index (χ2n) is 5.85. The van der Waals surface area contributed by atoms with E-state index in [1.807, 2.05) is 0 Å². The molecule has 2 unspecified atom stereocenters. The van der Waals surface area contributed by atoms with Crippen LogP contribution < -0.4 is 4.74 Å². The number of aryl methyl sites for hydroxylation is 1. The van der Waals surface area contributed by atoms with Gasteiger partial charge in [0.05, 0.1) is 24.4 Å². The Morgan fingerprint density at radius 3 is 2.95 bits per heavy atom. The SMILES string of the molecule is Cc1cc(OC2CCOC3(CCOC3)C2)ccc1C(=O)O. The van der Waals surface area contributed by atoms with Gasteiger partial charge in [-0.15, -0.1) is 0 Å². The Morgan fingerprint density at radius 1 is 1.43 bits per heavy atom. The molecule has 21 heavy (non-hydrogen) atoms. The third kappa shape index (κ3) is 3.04. The first-order valence-electron chi connectivity index (χ1n) is 7.30. The van der Waals surface area contributed by atoms with Crippen LogP contribution in [0.4, 0.5) is 0 Å². The fourth-order valence-corrected chi connectivity index (χ4v) is 3.09. The molecule has 5 heteroatoms. The van der Waals surface area contributed by atoms with Crippen molar-refractivity contribution in [2.75, 3.05) is 19.8 Å². The number of hydrogen-bond donors (Lipinski definition) is 1. The molecule has 2 fully saturated rings. The molecule has 1 aromatic carbocycles. The van der Waals surface area contributed by atoms with E-state index in [0.717, 1.165) is 31.6 Å². The Balaban J connectivity index is 1.68. The molecular weight excluding hydrogens is 272 g/mol. The van der Waals surface area contributed by atoms with Gasteiger partial charge >= 0.3 is 5.97 Å². The van der Waals surface area contributed by atoms with E-state index < -0.39 is 5.97 Å². The van der Waals surface area contributed by atoms with Gasteiger partial charge in [0.2, 0.25) is 0 Å². The van der Waals surface area contributed by atoms with Gasteiger partial charge in [0.1, 0.15) is 11.9 Å². The maximum Gasteiger partial charge on any atom is 0.335 e. The van der Waals surface area contributed by atoms with Gasteiger partial charge in [0.25, 0.3) is 0 Å². The molecule has 1 spiro atoms. The molecule has 0 aromatic heterocycles. The van der Waals surface area contributed by atoms with Crippen LogP contribution in [0.3, 0.4) is 0 Å². The molecule has 0 amide bonds. The average molecular weight is 292 g/mol. The predicted octanol–water partition coefficient (Wildman–Crippen LogP) is 2.41. The molecule has 0 saturated carbocycles. The lowest BCUT2D eigenvalue weighted by molar-refractivity contribution is -0.112. The molecule has 2 atom stereocenters. The van der Waals surface area contributed by atoms with Crippen LogP contribution >= 0.6 is 0 Å². The number of carboxylic acid groups (broad SMARTS) is 1. The largest absolute Gasteiger partial charge is 0.490 e. The molecule has 3 rings (SSSR count). The molecule has 2 saturated heterocycles. The maximum atomic E-state index is 11.0.